The van der Waals surface area contributed by atoms with E-state index in [-0.39, 0.29) is 5.91 Å². The van der Waals surface area contributed by atoms with Crippen LogP contribution in [0.5, 0.6) is 11.5 Å². The van der Waals surface area contributed by atoms with Crippen molar-refractivity contribution in [3.05, 3.63) is 52.0 Å². The lowest BCUT2D eigenvalue weighted by molar-refractivity contribution is 0.102. The molecule has 0 unspecified atom stereocenters. The van der Waals surface area contributed by atoms with Crippen LogP contribution < -0.4 is 14.8 Å². The van der Waals surface area contributed by atoms with Crippen LogP contribution in [-0.2, 0) is 0 Å². The zero-order valence-electron chi connectivity index (χ0n) is 12.1. The number of nitrogens with one attached hydrogen (secondary N) is 1. The molecular weight excluding hydrogens is 334 g/mol. The molecule has 2 rings (SSSR count). The molecule has 0 bridgehead atoms. The lowest BCUT2D eigenvalue weighted by atomic mass is 10.1. The lowest BCUT2D eigenvalue weighted by Gasteiger charge is -2.13. The van der Waals surface area contributed by atoms with Crippen LogP contribution in [0.2, 0.25) is 0 Å². The molecule has 0 heterocycles. The second-order valence-electron chi connectivity index (χ2n) is 4.43. The maximum absolute atomic E-state index is 12.4. The Morgan fingerprint density at radius 3 is 2.57 bits per heavy atom. The summed E-state index contributed by atoms with van der Waals surface area (Å²) in [5.41, 5.74) is 2.06. The van der Waals surface area contributed by atoms with Gasteiger partial charge in [-0.05, 0) is 36.8 Å². The Hall–Kier alpha value is -2.01. The van der Waals surface area contributed by atoms with E-state index in [0.717, 1.165) is 10.0 Å². The van der Waals surface area contributed by atoms with Crippen molar-refractivity contribution in [2.45, 2.75) is 6.92 Å². The van der Waals surface area contributed by atoms with E-state index in [4.69, 9.17) is 9.47 Å². The lowest BCUT2D eigenvalue weighted by Crippen LogP contribution is -2.14. The van der Waals surface area contributed by atoms with Gasteiger partial charge in [0.1, 0.15) is 11.5 Å². The fraction of sp³-hybridized carbons (Fsp3) is 0.188. The van der Waals surface area contributed by atoms with Gasteiger partial charge in [-0.1, -0.05) is 22.0 Å². The predicted molar refractivity (Wildman–Crippen MR) is 86.4 cm³/mol. The standard InChI is InChI=1S/C16H16BrNO3/c1-10-12(5-4-6-13(10)17)16(19)18-14-9-11(20-2)7-8-15(14)21-3/h4-9H,1-3H3,(H,18,19). The number of ether oxygens (including phenoxy) is 2. The van der Waals surface area contributed by atoms with Crippen molar-refractivity contribution in [2.75, 3.05) is 19.5 Å². The third kappa shape index (κ3) is 3.36. The first-order valence-electron chi connectivity index (χ1n) is 6.35. The molecular formula is C16H16BrNO3. The molecule has 0 radical (unpaired) electrons. The Labute approximate surface area is 132 Å². The van der Waals surface area contributed by atoms with Crippen molar-refractivity contribution in [2.24, 2.45) is 0 Å². The van der Waals surface area contributed by atoms with E-state index in [1.165, 1.54) is 0 Å². The molecule has 2 aromatic rings. The number of anilines is 1. The monoisotopic (exact) mass is 349 g/mol. The topological polar surface area (TPSA) is 47.6 Å². The van der Waals surface area contributed by atoms with Crippen LogP contribution in [-0.4, -0.2) is 20.1 Å². The average Bonchev–Trinajstić information content (AvgIpc) is 2.49. The SMILES string of the molecule is COc1ccc(OC)c(NC(=O)c2cccc(Br)c2C)c1. The minimum absolute atomic E-state index is 0.194. The summed E-state index contributed by atoms with van der Waals surface area (Å²) >= 11 is 3.43. The zero-order chi connectivity index (χ0) is 15.4. The van der Waals surface area contributed by atoms with Crippen LogP contribution in [0.15, 0.2) is 40.9 Å². The number of hydrogen-bond donors (Lipinski definition) is 1. The zero-order valence-corrected chi connectivity index (χ0v) is 13.7. The first-order valence-corrected chi connectivity index (χ1v) is 7.14. The van der Waals surface area contributed by atoms with E-state index in [1.807, 2.05) is 19.1 Å². The third-order valence-electron chi connectivity index (χ3n) is 3.17. The van der Waals surface area contributed by atoms with Gasteiger partial charge in [-0.25, -0.2) is 0 Å². The van der Waals surface area contributed by atoms with Gasteiger partial charge in [0, 0.05) is 16.1 Å². The van der Waals surface area contributed by atoms with Crippen molar-refractivity contribution in [3.8, 4) is 11.5 Å². The summed E-state index contributed by atoms with van der Waals surface area (Å²) in [4.78, 5) is 12.4. The Bertz CT molecular complexity index is 671. The van der Waals surface area contributed by atoms with Crippen molar-refractivity contribution >= 4 is 27.5 Å². The fourth-order valence-electron chi connectivity index (χ4n) is 1.95. The number of methoxy groups -OCH3 is 2. The Kier molecular flexibility index (Phi) is 4.85. The van der Waals surface area contributed by atoms with E-state index in [9.17, 15) is 4.79 Å². The molecule has 0 aromatic heterocycles. The second kappa shape index (κ2) is 6.63. The number of benzene rings is 2. The first-order chi connectivity index (χ1) is 10.1. The molecule has 1 amide bonds. The highest BCUT2D eigenvalue weighted by Gasteiger charge is 2.14. The van der Waals surface area contributed by atoms with Crippen molar-refractivity contribution < 1.29 is 14.3 Å². The maximum atomic E-state index is 12.4. The largest absolute Gasteiger partial charge is 0.497 e. The molecule has 110 valence electrons. The average molecular weight is 350 g/mol. The molecule has 2 aromatic carbocycles. The van der Waals surface area contributed by atoms with Gasteiger partial charge in [0.05, 0.1) is 19.9 Å². The summed E-state index contributed by atoms with van der Waals surface area (Å²) in [5.74, 6) is 1.04. The molecule has 21 heavy (non-hydrogen) atoms. The minimum Gasteiger partial charge on any atom is -0.497 e. The number of carbonyl (C=O) groups excluding carboxylic acids is 1. The highest BCUT2D eigenvalue weighted by molar-refractivity contribution is 9.10. The fourth-order valence-corrected chi connectivity index (χ4v) is 2.32. The maximum Gasteiger partial charge on any atom is 0.256 e. The van der Waals surface area contributed by atoms with Gasteiger partial charge in [-0.2, -0.15) is 0 Å². The molecule has 4 nitrogen and oxygen atoms in total. The Balaban J connectivity index is 2.33. The molecule has 5 heteroatoms. The van der Waals surface area contributed by atoms with Gasteiger partial charge in [0.15, 0.2) is 0 Å². The van der Waals surface area contributed by atoms with Crippen LogP contribution in [0.4, 0.5) is 5.69 Å². The van der Waals surface area contributed by atoms with Crippen LogP contribution in [0, 0.1) is 6.92 Å². The second-order valence-corrected chi connectivity index (χ2v) is 5.29. The van der Waals surface area contributed by atoms with E-state index in [0.29, 0.717) is 22.7 Å². The molecule has 0 aliphatic carbocycles. The van der Waals surface area contributed by atoms with Gasteiger partial charge in [-0.15, -0.1) is 0 Å². The smallest absolute Gasteiger partial charge is 0.256 e. The van der Waals surface area contributed by atoms with Gasteiger partial charge < -0.3 is 14.8 Å². The first kappa shape index (κ1) is 15.4. The molecule has 0 saturated carbocycles. The van der Waals surface area contributed by atoms with Gasteiger partial charge in [-0.3, -0.25) is 4.79 Å². The number of amides is 1. The summed E-state index contributed by atoms with van der Waals surface area (Å²) in [6.07, 6.45) is 0. The van der Waals surface area contributed by atoms with Crippen molar-refractivity contribution in [1.29, 1.82) is 0 Å². The van der Waals surface area contributed by atoms with Crippen LogP contribution in [0.1, 0.15) is 15.9 Å². The summed E-state index contributed by atoms with van der Waals surface area (Å²) in [7, 11) is 3.13. The van der Waals surface area contributed by atoms with E-state index in [1.54, 1.807) is 38.5 Å². The highest BCUT2D eigenvalue weighted by Crippen LogP contribution is 2.30. The molecule has 0 spiro atoms. The Morgan fingerprint density at radius 2 is 1.90 bits per heavy atom. The van der Waals surface area contributed by atoms with Crippen LogP contribution >= 0.6 is 15.9 Å². The Morgan fingerprint density at radius 1 is 1.14 bits per heavy atom. The molecule has 0 atom stereocenters. The van der Waals surface area contributed by atoms with Crippen LogP contribution in [0.3, 0.4) is 0 Å². The van der Waals surface area contributed by atoms with Crippen molar-refractivity contribution in [1.82, 2.24) is 0 Å². The predicted octanol–water partition coefficient (Wildman–Crippen LogP) is 4.03. The molecule has 0 saturated heterocycles. The van der Waals surface area contributed by atoms with Gasteiger partial charge >= 0.3 is 0 Å². The van der Waals surface area contributed by atoms with E-state index in [2.05, 4.69) is 21.2 Å². The number of hydrogen-bond acceptors (Lipinski definition) is 3. The third-order valence-corrected chi connectivity index (χ3v) is 4.03. The number of carbonyl (C=O) groups is 1. The molecule has 0 fully saturated rings. The van der Waals surface area contributed by atoms with Gasteiger partial charge in [0.2, 0.25) is 0 Å². The van der Waals surface area contributed by atoms with Crippen molar-refractivity contribution in [3.63, 3.8) is 0 Å². The summed E-state index contributed by atoms with van der Waals surface area (Å²) < 4.78 is 11.3. The molecule has 0 aliphatic heterocycles. The molecule has 0 aliphatic rings. The number of rotatable bonds is 4. The summed E-state index contributed by atoms with van der Waals surface area (Å²) in [5, 5.41) is 2.86. The highest BCUT2D eigenvalue weighted by atomic mass is 79.9. The molecule has 1 N–H and O–H groups in total. The van der Waals surface area contributed by atoms with Gasteiger partial charge in [0.25, 0.3) is 5.91 Å². The number of halogens is 1. The quantitative estimate of drug-likeness (QED) is 0.906. The van der Waals surface area contributed by atoms with E-state index < -0.39 is 0 Å². The summed E-state index contributed by atoms with van der Waals surface area (Å²) in [6, 6.07) is 10.8. The summed E-state index contributed by atoms with van der Waals surface area (Å²) in [6.45, 7) is 1.89. The van der Waals surface area contributed by atoms with E-state index >= 15 is 0 Å². The minimum atomic E-state index is -0.194. The van der Waals surface area contributed by atoms with Crippen LogP contribution in [0.25, 0.3) is 0 Å². The normalized spacial score (nSPS) is 10.1.